The Morgan fingerprint density at radius 2 is 1.39 bits per heavy atom. The molecule has 136 valence electrons. The van der Waals surface area contributed by atoms with E-state index in [0.717, 1.165) is 0 Å². The number of hydrogen-bond donors (Lipinski definition) is 8. The molecule has 2 aliphatic heterocycles. The van der Waals surface area contributed by atoms with Gasteiger partial charge in [0.25, 0.3) is 0 Å². The van der Waals surface area contributed by atoms with Gasteiger partial charge in [0.1, 0.15) is 36.6 Å². The summed E-state index contributed by atoms with van der Waals surface area (Å²) in [6.07, 6.45) is -10.5. The van der Waals surface area contributed by atoms with Gasteiger partial charge in [-0.15, -0.1) is 0 Å². The molecule has 0 spiro atoms. The lowest BCUT2D eigenvalue weighted by molar-refractivity contribution is -0.324. The van der Waals surface area contributed by atoms with Crippen LogP contribution in [0.25, 0.3) is 0 Å². The van der Waals surface area contributed by atoms with Crippen LogP contribution in [0.15, 0.2) is 0 Å². The SMILES string of the molecule is N[C@H]1[C@H](OC2[C@@H](CO)O[C@@H](O)[C@H](N)[C@H]2O)O[C@H](CO)[C@@H](O)[C@@H]1O. The molecule has 1 unspecified atom stereocenters. The van der Waals surface area contributed by atoms with E-state index < -0.39 is 74.5 Å². The maximum Gasteiger partial charge on any atom is 0.176 e. The third-order valence-electron chi connectivity index (χ3n) is 4.14. The second-order valence-electron chi connectivity index (χ2n) is 5.70. The minimum absolute atomic E-state index is 0.581. The van der Waals surface area contributed by atoms with Crippen molar-refractivity contribution in [2.24, 2.45) is 11.5 Å². The molecule has 0 amide bonds. The number of ether oxygens (including phenoxy) is 3. The molecule has 2 saturated heterocycles. The largest absolute Gasteiger partial charge is 0.394 e. The first-order valence-corrected chi connectivity index (χ1v) is 7.23. The molecule has 2 fully saturated rings. The molecule has 2 aliphatic rings. The van der Waals surface area contributed by atoms with Gasteiger partial charge in [-0.05, 0) is 0 Å². The van der Waals surface area contributed by atoms with Crippen LogP contribution in [0.5, 0.6) is 0 Å². The van der Waals surface area contributed by atoms with E-state index in [1.807, 2.05) is 0 Å². The van der Waals surface area contributed by atoms with E-state index >= 15 is 0 Å². The summed E-state index contributed by atoms with van der Waals surface area (Å²) in [5, 5.41) is 57.7. The molecule has 0 aromatic carbocycles. The van der Waals surface area contributed by atoms with E-state index in [0.29, 0.717) is 0 Å². The van der Waals surface area contributed by atoms with Gasteiger partial charge in [0.2, 0.25) is 0 Å². The van der Waals surface area contributed by atoms with E-state index in [1.165, 1.54) is 0 Å². The second-order valence-corrected chi connectivity index (χ2v) is 5.70. The minimum Gasteiger partial charge on any atom is -0.394 e. The zero-order chi connectivity index (χ0) is 17.3. The van der Waals surface area contributed by atoms with Gasteiger partial charge in [-0.3, -0.25) is 0 Å². The Morgan fingerprint density at radius 1 is 0.783 bits per heavy atom. The van der Waals surface area contributed by atoms with Crippen LogP contribution in [-0.4, -0.2) is 105 Å². The third kappa shape index (κ3) is 3.65. The molecule has 23 heavy (non-hydrogen) atoms. The summed E-state index contributed by atoms with van der Waals surface area (Å²) in [5.74, 6) is 0. The lowest BCUT2D eigenvalue weighted by Crippen LogP contribution is -2.67. The average molecular weight is 340 g/mol. The monoisotopic (exact) mass is 340 g/mol. The topological polar surface area (TPSA) is 201 Å². The summed E-state index contributed by atoms with van der Waals surface area (Å²) in [7, 11) is 0. The van der Waals surface area contributed by atoms with Crippen molar-refractivity contribution >= 4 is 0 Å². The maximum atomic E-state index is 10.1. The van der Waals surface area contributed by atoms with Crippen LogP contribution >= 0.6 is 0 Å². The van der Waals surface area contributed by atoms with Crippen molar-refractivity contribution in [2.45, 2.75) is 61.3 Å². The summed E-state index contributed by atoms with van der Waals surface area (Å²) >= 11 is 0. The molecule has 10 N–H and O–H groups in total. The fraction of sp³-hybridized carbons (Fsp3) is 1.00. The fourth-order valence-corrected chi connectivity index (χ4v) is 2.65. The van der Waals surface area contributed by atoms with Crippen molar-refractivity contribution in [3.63, 3.8) is 0 Å². The molecule has 0 radical (unpaired) electrons. The van der Waals surface area contributed by atoms with Gasteiger partial charge in [-0.1, -0.05) is 0 Å². The van der Waals surface area contributed by atoms with Crippen LogP contribution in [0.4, 0.5) is 0 Å². The number of aliphatic hydroxyl groups is 6. The molecule has 0 aromatic heterocycles. The predicted molar refractivity (Wildman–Crippen MR) is 72.6 cm³/mol. The Bertz CT molecular complexity index is 386. The molecule has 0 bridgehead atoms. The highest BCUT2D eigenvalue weighted by atomic mass is 16.7. The Labute approximate surface area is 132 Å². The zero-order valence-electron chi connectivity index (χ0n) is 12.3. The van der Waals surface area contributed by atoms with E-state index in [-0.39, 0.29) is 0 Å². The summed E-state index contributed by atoms with van der Waals surface area (Å²) in [6.45, 7) is -1.17. The van der Waals surface area contributed by atoms with Gasteiger partial charge in [-0.25, -0.2) is 0 Å². The van der Waals surface area contributed by atoms with Gasteiger partial charge in [-0.2, -0.15) is 0 Å². The lowest BCUT2D eigenvalue weighted by Gasteiger charge is -2.45. The van der Waals surface area contributed by atoms with Gasteiger partial charge < -0.3 is 56.3 Å². The number of aliphatic hydroxyl groups excluding tert-OH is 6. The molecule has 11 nitrogen and oxygen atoms in total. The highest BCUT2D eigenvalue weighted by molar-refractivity contribution is 4.95. The summed E-state index contributed by atoms with van der Waals surface area (Å²) < 4.78 is 15.8. The van der Waals surface area contributed by atoms with E-state index in [2.05, 4.69) is 0 Å². The van der Waals surface area contributed by atoms with Crippen LogP contribution in [0.1, 0.15) is 0 Å². The van der Waals surface area contributed by atoms with Crippen molar-refractivity contribution in [3.05, 3.63) is 0 Å². The molecular formula is C12H24N2O9. The number of rotatable bonds is 4. The zero-order valence-corrected chi connectivity index (χ0v) is 12.3. The van der Waals surface area contributed by atoms with Crippen LogP contribution < -0.4 is 11.5 Å². The van der Waals surface area contributed by atoms with Crippen LogP contribution in [-0.2, 0) is 14.2 Å². The number of hydrogen-bond acceptors (Lipinski definition) is 11. The first kappa shape index (κ1) is 18.9. The molecule has 0 aliphatic carbocycles. The summed E-state index contributed by atoms with van der Waals surface area (Å²) in [5.41, 5.74) is 11.3. The highest BCUT2D eigenvalue weighted by Gasteiger charge is 2.49. The Balaban J connectivity index is 2.11. The summed E-state index contributed by atoms with van der Waals surface area (Å²) in [6, 6.07) is -2.37. The normalized spacial score (nSPS) is 51.7. The van der Waals surface area contributed by atoms with Crippen LogP contribution in [0, 0.1) is 0 Å². The minimum atomic E-state index is -1.49. The van der Waals surface area contributed by atoms with Crippen molar-refractivity contribution in [3.8, 4) is 0 Å². The quantitative estimate of drug-likeness (QED) is 0.242. The van der Waals surface area contributed by atoms with Crippen molar-refractivity contribution in [2.75, 3.05) is 13.2 Å². The maximum absolute atomic E-state index is 10.1. The van der Waals surface area contributed by atoms with Crippen molar-refractivity contribution in [1.82, 2.24) is 0 Å². The van der Waals surface area contributed by atoms with Gasteiger partial charge in [0, 0.05) is 0 Å². The summed E-state index contributed by atoms with van der Waals surface area (Å²) in [4.78, 5) is 0. The van der Waals surface area contributed by atoms with Gasteiger partial charge >= 0.3 is 0 Å². The Morgan fingerprint density at radius 3 is 1.96 bits per heavy atom. The molecule has 10 atom stereocenters. The van der Waals surface area contributed by atoms with E-state index in [1.54, 1.807) is 0 Å². The molecule has 0 aromatic rings. The van der Waals surface area contributed by atoms with E-state index in [9.17, 15) is 25.5 Å². The predicted octanol–water partition coefficient (Wildman–Crippen LogP) is -5.46. The third-order valence-corrected chi connectivity index (χ3v) is 4.14. The molecule has 11 heteroatoms. The average Bonchev–Trinajstić information content (AvgIpc) is 2.55. The number of nitrogens with two attached hydrogens (primary N) is 2. The molecule has 2 heterocycles. The lowest BCUT2D eigenvalue weighted by atomic mass is 9.95. The molecular weight excluding hydrogens is 316 g/mol. The first-order valence-electron chi connectivity index (χ1n) is 7.23. The fourth-order valence-electron chi connectivity index (χ4n) is 2.65. The first-order chi connectivity index (χ1) is 10.8. The molecule has 2 rings (SSSR count). The van der Waals surface area contributed by atoms with Crippen molar-refractivity contribution in [1.29, 1.82) is 0 Å². The Kier molecular flexibility index (Phi) is 6.27. The van der Waals surface area contributed by atoms with Gasteiger partial charge in [0.15, 0.2) is 12.6 Å². The standard InChI is InChI=1S/C12H24N2O9/c13-5-9(19)10(4(2-16)21-11(5)20)23-12-6(14)8(18)7(17)3(1-15)22-12/h3-12,15-20H,1-2,13-14H2/t3-,4-,5-,6-,7-,8-,9-,10?,11-,12+/m1/s1. The van der Waals surface area contributed by atoms with Gasteiger partial charge in [0.05, 0.1) is 25.3 Å². The highest BCUT2D eigenvalue weighted by Crippen LogP contribution is 2.27. The van der Waals surface area contributed by atoms with E-state index in [4.69, 9.17) is 30.8 Å². The molecule has 0 saturated carbocycles. The van der Waals surface area contributed by atoms with Crippen LogP contribution in [0.2, 0.25) is 0 Å². The van der Waals surface area contributed by atoms with Crippen LogP contribution in [0.3, 0.4) is 0 Å². The van der Waals surface area contributed by atoms with Crippen molar-refractivity contribution < 1.29 is 44.8 Å². The smallest absolute Gasteiger partial charge is 0.176 e. The second kappa shape index (κ2) is 7.63. The Hall–Kier alpha value is -0.440.